The topological polar surface area (TPSA) is 363 Å². The Morgan fingerprint density at radius 2 is 1.15 bits per heavy atom. The van der Waals surface area contributed by atoms with Gasteiger partial charge >= 0.3 is 5.97 Å². The van der Waals surface area contributed by atoms with E-state index in [4.69, 9.17) is 42.6 Å². The molecule has 13 N–H and O–H groups in total. The van der Waals surface area contributed by atoms with Crippen molar-refractivity contribution in [3.63, 3.8) is 0 Å². The molecule has 24 unspecified atom stereocenters. The Balaban J connectivity index is 1.08. The molecule has 7 fully saturated rings. The van der Waals surface area contributed by atoms with Gasteiger partial charge in [0.15, 0.2) is 18.9 Å². The summed E-state index contributed by atoms with van der Waals surface area (Å²) in [4.78, 5) is 12.7. The second kappa shape index (κ2) is 23.1. The Hall–Kier alpha value is -1.63. The molecule has 380 valence electrons. The molecule has 0 radical (unpaired) electrons. The molecule has 0 aromatic heterocycles. The lowest BCUT2D eigenvalue weighted by Gasteiger charge is -2.52. The quantitative estimate of drug-likeness (QED) is 0.0572. The van der Waals surface area contributed by atoms with Gasteiger partial charge in [-0.15, -0.1) is 0 Å². The maximum Gasteiger partial charge on any atom is 0.330 e. The number of allylic oxidation sites excluding steroid dienone is 1. The van der Waals surface area contributed by atoms with E-state index in [1.807, 2.05) is 0 Å². The molecule has 7 rings (SSSR count). The van der Waals surface area contributed by atoms with Crippen LogP contribution in [0.4, 0.5) is 0 Å². The van der Waals surface area contributed by atoms with Crippen LogP contribution in [-0.2, 0) is 47.4 Å². The number of esters is 1. The van der Waals surface area contributed by atoms with Crippen LogP contribution in [0.2, 0.25) is 0 Å². The lowest BCUT2D eigenvalue weighted by molar-refractivity contribution is -0.380. The summed E-state index contributed by atoms with van der Waals surface area (Å²) in [7, 11) is 1.49. The van der Waals surface area contributed by atoms with E-state index in [1.165, 1.54) is 13.2 Å². The summed E-state index contributed by atoms with van der Waals surface area (Å²) in [5.41, 5.74) is 0. The van der Waals surface area contributed by atoms with Crippen molar-refractivity contribution in [2.45, 2.75) is 205 Å². The predicted octanol–water partition coefficient (Wildman–Crippen LogP) is -5.06. The van der Waals surface area contributed by atoms with Gasteiger partial charge in [-0.05, 0) is 69.6 Å². The molecule has 23 nitrogen and oxygen atoms in total. The van der Waals surface area contributed by atoms with Crippen LogP contribution in [0.15, 0.2) is 12.2 Å². The van der Waals surface area contributed by atoms with Crippen molar-refractivity contribution < 1.29 is 114 Å². The predicted molar refractivity (Wildman–Crippen MR) is 217 cm³/mol. The fourth-order valence-corrected chi connectivity index (χ4v) is 10.7. The van der Waals surface area contributed by atoms with Gasteiger partial charge < -0.3 is 109 Å². The van der Waals surface area contributed by atoms with Gasteiger partial charge in [0.05, 0.1) is 62.0 Å². The summed E-state index contributed by atoms with van der Waals surface area (Å²) >= 11 is 0. The highest BCUT2D eigenvalue weighted by Gasteiger charge is 2.56. The first-order chi connectivity index (χ1) is 31.5. The summed E-state index contributed by atoms with van der Waals surface area (Å²) in [6, 6.07) is 0. The minimum Gasteiger partial charge on any atom is -0.460 e. The molecule has 0 aromatic rings. The Bertz CT molecular complexity index is 1550. The van der Waals surface area contributed by atoms with E-state index in [-0.39, 0.29) is 31.1 Å². The number of carbonyl (C=O) groups excluding carboxylic acids is 1. The first-order valence-electron chi connectivity index (χ1n) is 23.2. The number of rotatable bonds is 14. The van der Waals surface area contributed by atoms with Crippen LogP contribution in [0.1, 0.15) is 64.2 Å². The van der Waals surface area contributed by atoms with Gasteiger partial charge in [-0.25, -0.2) is 4.79 Å². The SMILES string of the molecule is COC1CC(C=CC(=O)OCC2OC(OC3C(OC4CC5C(OC6OC(CO)C(O)C(O)C6O)CC(O)CC5OC4C4CCC(O)CC4)OC(CO)C(O)C3O)C(O)C(O)C2O)CCC1O. The minimum atomic E-state index is -1.96. The van der Waals surface area contributed by atoms with Crippen molar-refractivity contribution in [2.75, 3.05) is 26.9 Å². The number of hydrogen-bond donors (Lipinski definition) is 13. The molecule has 3 saturated carbocycles. The van der Waals surface area contributed by atoms with E-state index in [0.717, 1.165) is 0 Å². The Labute approximate surface area is 381 Å². The molecular formula is C43H70O23. The van der Waals surface area contributed by atoms with E-state index in [2.05, 4.69) is 0 Å². The molecule has 23 heteroatoms. The largest absolute Gasteiger partial charge is 0.460 e. The monoisotopic (exact) mass is 954 g/mol. The van der Waals surface area contributed by atoms with Gasteiger partial charge in [0.1, 0.15) is 79.9 Å². The van der Waals surface area contributed by atoms with E-state index < -0.39 is 173 Å². The van der Waals surface area contributed by atoms with Gasteiger partial charge in [0, 0.05) is 25.5 Å². The van der Waals surface area contributed by atoms with Crippen LogP contribution in [-0.4, -0.2) is 240 Å². The number of methoxy groups -OCH3 is 1. The van der Waals surface area contributed by atoms with Crippen molar-refractivity contribution in [1.29, 1.82) is 0 Å². The van der Waals surface area contributed by atoms with Crippen LogP contribution in [0.5, 0.6) is 0 Å². The maximum absolute atomic E-state index is 12.7. The summed E-state index contributed by atoms with van der Waals surface area (Å²) in [5, 5.41) is 138. The summed E-state index contributed by atoms with van der Waals surface area (Å²) in [6.45, 7) is -2.09. The first-order valence-corrected chi connectivity index (χ1v) is 23.2. The second-order valence-electron chi connectivity index (χ2n) is 19.0. The third kappa shape index (κ3) is 11.8. The third-order valence-electron chi connectivity index (χ3n) is 14.6. The molecule has 0 aromatic carbocycles. The first kappa shape index (κ1) is 52.2. The molecule has 4 heterocycles. The second-order valence-corrected chi connectivity index (χ2v) is 19.0. The van der Waals surface area contributed by atoms with Crippen LogP contribution in [0.3, 0.4) is 0 Å². The fraction of sp³-hybridized carbons (Fsp3) is 0.930. The zero-order valence-electron chi connectivity index (χ0n) is 36.8. The molecule has 4 saturated heterocycles. The van der Waals surface area contributed by atoms with Crippen LogP contribution < -0.4 is 0 Å². The van der Waals surface area contributed by atoms with Crippen LogP contribution in [0, 0.1) is 17.8 Å². The highest BCUT2D eigenvalue weighted by molar-refractivity contribution is 5.81. The zero-order valence-corrected chi connectivity index (χ0v) is 36.8. The van der Waals surface area contributed by atoms with Crippen molar-refractivity contribution in [3.8, 4) is 0 Å². The fourth-order valence-electron chi connectivity index (χ4n) is 10.7. The highest BCUT2D eigenvalue weighted by Crippen LogP contribution is 2.45. The Morgan fingerprint density at radius 1 is 0.561 bits per heavy atom. The number of aliphatic hydroxyl groups excluding tert-OH is 13. The molecule has 3 aliphatic carbocycles. The lowest BCUT2D eigenvalue weighted by atomic mass is 9.73. The van der Waals surface area contributed by atoms with E-state index in [1.54, 1.807) is 6.08 Å². The average molecular weight is 955 g/mol. The number of aliphatic hydroxyl groups is 13. The number of hydrogen-bond acceptors (Lipinski definition) is 23. The smallest absolute Gasteiger partial charge is 0.330 e. The van der Waals surface area contributed by atoms with Crippen molar-refractivity contribution in [3.05, 3.63) is 12.2 Å². The molecule has 0 spiro atoms. The lowest BCUT2D eigenvalue weighted by Crippen LogP contribution is -2.66. The van der Waals surface area contributed by atoms with Gasteiger partial charge in [-0.2, -0.15) is 0 Å². The summed E-state index contributed by atoms with van der Waals surface area (Å²) in [5.74, 6) is -1.68. The number of fused-ring (bicyclic) bond motifs is 1. The van der Waals surface area contributed by atoms with Crippen molar-refractivity contribution in [1.82, 2.24) is 0 Å². The molecule has 0 amide bonds. The van der Waals surface area contributed by atoms with Crippen molar-refractivity contribution >= 4 is 5.97 Å². The zero-order chi connectivity index (χ0) is 47.6. The van der Waals surface area contributed by atoms with Crippen LogP contribution >= 0.6 is 0 Å². The maximum atomic E-state index is 12.7. The third-order valence-corrected chi connectivity index (χ3v) is 14.6. The highest BCUT2D eigenvalue weighted by atomic mass is 16.8. The summed E-state index contributed by atoms with van der Waals surface area (Å²) in [6.07, 6.45) is -24.4. The van der Waals surface area contributed by atoms with E-state index in [0.29, 0.717) is 44.9 Å². The van der Waals surface area contributed by atoms with Gasteiger partial charge in [-0.3, -0.25) is 0 Å². The minimum absolute atomic E-state index is 0.0217. The normalized spacial score (nSPS) is 50.5. The molecule has 66 heavy (non-hydrogen) atoms. The summed E-state index contributed by atoms with van der Waals surface area (Å²) < 4.78 is 53.8. The molecule has 4 aliphatic heterocycles. The van der Waals surface area contributed by atoms with E-state index in [9.17, 15) is 71.2 Å². The Kier molecular flexibility index (Phi) is 18.2. The van der Waals surface area contributed by atoms with Gasteiger partial charge in [0.25, 0.3) is 0 Å². The molecular weight excluding hydrogens is 884 g/mol. The standard InChI is InChI=1S/C43H70O23/c1-58-25-10-17(2-8-22(25)48)3-9-30(49)59-16-29-33(52)35(54)38(57)42(65-29)66-40-36(55)32(51)28(15-45)64-43(40)62-26-13-21-23(60-39(26)18-4-6-19(46)7-5-18)11-20(47)12-24(21)61-41-37(56)34(53)31(50)27(14-44)63-41/h3,9,17-29,31-48,50-57H,2,4-8,10-16H2,1H3. The molecule has 7 aliphatic rings. The van der Waals surface area contributed by atoms with Crippen molar-refractivity contribution in [2.24, 2.45) is 17.8 Å². The molecule has 0 bridgehead atoms. The van der Waals surface area contributed by atoms with Crippen LogP contribution in [0.25, 0.3) is 0 Å². The Morgan fingerprint density at radius 3 is 1.80 bits per heavy atom. The van der Waals surface area contributed by atoms with E-state index >= 15 is 0 Å². The van der Waals surface area contributed by atoms with Gasteiger partial charge in [-0.1, -0.05) is 6.08 Å². The van der Waals surface area contributed by atoms with Gasteiger partial charge in [0.2, 0.25) is 0 Å². The average Bonchev–Trinajstić information content (AvgIpc) is 3.30. The number of carbonyl (C=O) groups is 1. The molecule has 24 atom stereocenters. The number of ether oxygens (including phenoxy) is 9.